The highest BCUT2D eigenvalue weighted by Gasteiger charge is 2.35. The van der Waals surface area contributed by atoms with Crippen LogP contribution >= 0.6 is 0 Å². The zero-order valence-corrected chi connectivity index (χ0v) is 21.7. The zero-order valence-electron chi connectivity index (χ0n) is 21.7. The van der Waals surface area contributed by atoms with Gasteiger partial charge in [0.05, 0.1) is 10.9 Å². The molecule has 2 aromatic rings. The third-order valence-corrected chi connectivity index (χ3v) is 5.82. The molecular formula is C29H33F3N4O2. The largest absolute Gasteiger partial charge is 0.476 e. The van der Waals surface area contributed by atoms with Crippen molar-refractivity contribution in [2.24, 2.45) is 0 Å². The summed E-state index contributed by atoms with van der Waals surface area (Å²) in [6, 6.07) is 1.95. The second-order valence-electron chi connectivity index (χ2n) is 8.71. The van der Waals surface area contributed by atoms with Crippen molar-refractivity contribution in [3.63, 3.8) is 0 Å². The minimum absolute atomic E-state index is 0.156. The van der Waals surface area contributed by atoms with Crippen LogP contribution in [0.1, 0.15) is 32.3 Å². The molecule has 0 unspecified atom stereocenters. The van der Waals surface area contributed by atoms with Crippen molar-refractivity contribution >= 4 is 23.1 Å². The Hall–Kier alpha value is -3.85. The molecule has 6 nitrogen and oxygen atoms in total. The smallest absolute Gasteiger partial charge is 0.417 e. The third kappa shape index (κ3) is 7.82. The number of ether oxygens (including phenoxy) is 1. The lowest BCUT2D eigenvalue weighted by Gasteiger charge is -2.19. The van der Waals surface area contributed by atoms with E-state index in [1.54, 1.807) is 55.7 Å². The van der Waals surface area contributed by atoms with Crippen molar-refractivity contribution in [1.29, 1.82) is 0 Å². The number of allylic oxidation sites excluding steroid dienone is 10. The third-order valence-electron chi connectivity index (χ3n) is 5.82. The molecule has 3 heterocycles. The Kier molecular flexibility index (Phi) is 10.3. The van der Waals surface area contributed by atoms with E-state index >= 15 is 0 Å². The van der Waals surface area contributed by atoms with Gasteiger partial charge in [-0.3, -0.25) is 14.3 Å². The number of nitrogens with zero attached hydrogens (tertiary/aromatic N) is 3. The van der Waals surface area contributed by atoms with Gasteiger partial charge in [-0.05, 0) is 51.9 Å². The van der Waals surface area contributed by atoms with Crippen LogP contribution in [-0.2, 0) is 6.18 Å². The van der Waals surface area contributed by atoms with Gasteiger partial charge in [0, 0.05) is 30.6 Å². The monoisotopic (exact) mass is 526 g/mol. The van der Waals surface area contributed by atoms with E-state index in [9.17, 15) is 18.0 Å². The highest BCUT2D eigenvalue weighted by molar-refractivity contribution is 5.84. The van der Waals surface area contributed by atoms with E-state index in [4.69, 9.17) is 4.74 Å². The van der Waals surface area contributed by atoms with Crippen LogP contribution in [0.4, 0.5) is 19.0 Å². The Balaban J connectivity index is 2.15. The van der Waals surface area contributed by atoms with Crippen LogP contribution < -0.4 is 15.5 Å². The van der Waals surface area contributed by atoms with Gasteiger partial charge in [-0.25, -0.2) is 0 Å². The number of hydrogen-bond donors (Lipinski definition) is 1. The van der Waals surface area contributed by atoms with Gasteiger partial charge in [0.2, 0.25) is 5.88 Å². The molecule has 1 saturated heterocycles. The van der Waals surface area contributed by atoms with Crippen LogP contribution in [0.5, 0.6) is 5.88 Å². The molecule has 9 heteroatoms. The number of pyridine rings is 2. The van der Waals surface area contributed by atoms with Gasteiger partial charge in [-0.2, -0.15) is 18.2 Å². The van der Waals surface area contributed by atoms with Crippen LogP contribution in [-0.4, -0.2) is 40.7 Å². The van der Waals surface area contributed by atoms with Crippen LogP contribution in [0.25, 0.3) is 17.2 Å². The molecule has 1 aliphatic rings. The molecule has 0 aliphatic carbocycles. The number of likely N-dealkylation sites (tertiary alicyclic amines) is 1. The number of rotatable bonds is 11. The standard InChI is InChI=1S/C29H33F3N4O2/c1-4-6-8-9-11-17-36-25(33-22(3)14-10-7-5-2)21-24(37)27-23(29(30,31)32)20-26(34-28(27)36)38-19-18-35-15-12-13-16-35/h4-11,14,17,20-21,33H,2,12-13,15-16,18-19H2,1,3H3/b6-4-,9-8-,10-7-,17-11+,22-14+. The summed E-state index contributed by atoms with van der Waals surface area (Å²) >= 11 is 0. The number of alkyl halides is 3. The molecule has 0 aromatic carbocycles. The van der Waals surface area contributed by atoms with E-state index in [0.29, 0.717) is 12.2 Å². The highest BCUT2D eigenvalue weighted by atomic mass is 19.4. The number of halogens is 3. The fourth-order valence-corrected chi connectivity index (χ4v) is 4.03. The Morgan fingerprint density at radius 3 is 2.55 bits per heavy atom. The number of anilines is 1. The molecule has 0 bridgehead atoms. The first kappa shape index (κ1) is 28.7. The molecule has 0 amide bonds. The average Bonchev–Trinajstić information content (AvgIpc) is 3.38. The lowest BCUT2D eigenvalue weighted by molar-refractivity contribution is -0.136. The summed E-state index contributed by atoms with van der Waals surface area (Å²) in [5.41, 5.74) is -1.38. The Morgan fingerprint density at radius 1 is 1.13 bits per heavy atom. The Morgan fingerprint density at radius 2 is 1.87 bits per heavy atom. The summed E-state index contributed by atoms with van der Waals surface area (Å²) < 4.78 is 49.5. The SMILES string of the molecule is C=C/C=C\C=C(/C)Nc1cc(=O)c2c(C(F)(F)F)cc(OCCN3CCCC3)nc2n1/C=C/C=C\C=C/C. The summed E-state index contributed by atoms with van der Waals surface area (Å²) in [6.07, 6.45) is 14.6. The highest BCUT2D eigenvalue weighted by Crippen LogP contribution is 2.36. The quantitative estimate of drug-likeness (QED) is 0.337. The number of aromatic nitrogens is 2. The molecule has 202 valence electrons. The summed E-state index contributed by atoms with van der Waals surface area (Å²) in [5, 5.41) is 2.57. The minimum Gasteiger partial charge on any atom is -0.476 e. The van der Waals surface area contributed by atoms with Crippen molar-refractivity contribution < 1.29 is 17.9 Å². The van der Waals surface area contributed by atoms with Crippen LogP contribution in [0.2, 0.25) is 0 Å². The second-order valence-corrected chi connectivity index (χ2v) is 8.71. The van der Waals surface area contributed by atoms with E-state index in [2.05, 4.69) is 21.8 Å². The second kappa shape index (κ2) is 13.6. The van der Waals surface area contributed by atoms with Gasteiger partial charge in [-0.15, -0.1) is 0 Å². The van der Waals surface area contributed by atoms with Crippen molar-refractivity contribution in [2.75, 3.05) is 31.6 Å². The fraction of sp³-hybridized carbons (Fsp3) is 0.310. The lowest BCUT2D eigenvalue weighted by Crippen LogP contribution is -2.25. The molecule has 0 spiro atoms. The number of hydrogen-bond acceptors (Lipinski definition) is 5. The normalized spacial score (nSPS) is 15.7. The van der Waals surface area contributed by atoms with E-state index in [1.165, 1.54) is 4.57 Å². The van der Waals surface area contributed by atoms with E-state index < -0.39 is 22.6 Å². The van der Waals surface area contributed by atoms with E-state index in [0.717, 1.165) is 38.1 Å². The first-order valence-corrected chi connectivity index (χ1v) is 12.5. The molecule has 0 radical (unpaired) electrons. The summed E-state index contributed by atoms with van der Waals surface area (Å²) in [4.78, 5) is 19.6. The molecular weight excluding hydrogens is 493 g/mol. The molecule has 38 heavy (non-hydrogen) atoms. The first-order valence-electron chi connectivity index (χ1n) is 12.5. The zero-order chi connectivity index (χ0) is 27.5. The average molecular weight is 527 g/mol. The predicted octanol–water partition coefficient (Wildman–Crippen LogP) is 6.55. The molecule has 2 aromatic heterocycles. The van der Waals surface area contributed by atoms with Crippen molar-refractivity contribution in [3.8, 4) is 5.88 Å². The van der Waals surface area contributed by atoms with E-state index in [1.807, 2.05) is 19.1 Å². The van der Waals surface area contributed by atoms with Gasteiger partial charge in [0.1, 0.15) is 12.4 Å². The Labute approximate surface area is 220 Å². The number of fused-ring (bicyclic) bond motifs is 1. The maximum absolute atomic E-state index is 14.1. The maximum atomic E-state index is 14.1. The number of nitrogens with one attached hydrogen (secondary N) is 1. The summed E-state index contributed by atoms with van der Waals surface area (Å²) in [7, 11) is 0. The van der Waals surface area contributed by atoms with Crippen molar-refractivity contribution in [2.45, 2.75) is 32.9 Å². The first-order chi connectivity index (χ1) is 18.2. The Bertz CT molecular complexity index is 1330. The minimum atomic E-state index is -4.78. The van der Waals surface area contributed by atoms with Crippen LogP contribution in [0.15, 0.2) is 83.9 Å². The van der Waals surface area contributed by atoms with Crippen molar-refractivity contribution in [1.82, 2.24) is 14.5 Å². The lowest BCUT2D eigenvalue weighted by atomic mass is 10.1. The molecule has 1 N–H and O–H groups in total. The van der Waals surface area contributed by atoms with Crippen LogP contribution in [0, 0.1) is 0 Å². The summed E-state index contributed by atoms with van der Waals surface area (Å²) in [6.45, 7) is 9.93. The molecule has 1 aliphatic heterocycles. The van der Waals surface area contributed by atoms with Gasteiger partial charge in [0.25, 0.3) is 0 Å². The van der Waals surface area contributed by atoms with Gasteiger partial charge >= 0.3 is 6.18 Å². The van der Waals surface area contributed by atoms with Gasteiger partial charge < -0.3 is 10.1 Å². The molecule has 3 rings (SSSR count). The fourth-order valence-electron chi connectivity index (χ4n) is 4.03. The molecule has 0 atom stereocenters. The predicted molar refractivity (Wildman–Crippen MR) is 148 cm³/mol. The van der Waals surface area contributed by atoms with Gasteiger partial charge in [0.15, 0.2) is 11.1 Å². The van der Waals surface area contributed by atoms with Crippen LogP contribution in [0.3, 0.4) is 0 Å². The summed E-state index contributed by atoms with van der Waals surface area (Å²) in [5.74, 6) is 0.0714. The molecule has 1 fully saturated rings. The topological polar surface area (TPSA) is 59.4 Å². The van der Waals surface area contributed by atoms with Crippen molar-refractivity contribution in [3.05, 3.63) is 94.9 Å². The molecule has 0 saturated carbocycles. The van der Waals surface area contributed by atoms with E-state index in [-0.39, 0.29) is 24.0 Å². The maximum Gasteiger partial charge on any atom is 0.417 e. The van der Waals surface area contributed by atoms with Gasteiger partial charge in [-0.1, -0.05) is 49.1 Å².